The van der Waals surface area contributed by atoms with Crippen molar-refractivity contribution in [2.45, 2.75) is 19.1 Å². The maximum absolute atomic E-state index is 12.8. The van der Waals surface area contributed by atoms with E-state index in [-0.39, 0.29) is 18.9 Å². The summed E-state index contributed by atoms with van der Waals surface area (Å²) >= 11 is 5.88. The highest BCUT2D eigenvalue weighted by Crippen LogP contribution is 2.30. The SMILES string of the molecule is C[C@@]1(c2ccc(OC(F)F)cc2)NC(=O)N(CCOc2cccc(Cl)c2)C1=O. The van der Waals surface area contributed by atoms with Crippen LogP contribution in [-0.4, -0.2) is 36.6 Å². The fraction of sp³-hybridized carbons (Fsp3) is 0.263. The molecule has 1 heterocycles. The number of hydrogen-bond acceptors (Lipinski definition) is 4. The van der Waals surface area contributed by atoms with Crippen LogP contribution in [0.4, 0.5) is 13.6 Å². The van der Waals surface area contributed by atoms with Crippen molar-refractivity contribution in [1.29, 1.82) is 0 Å². The van der Waals surface area contributed by atoms with E-state index in [0.717, 1.165) is 4.90 Å². The number of carbonyl (C=O) groups is 2. The molecule has 1 N–H and O–H groups in total. The van der Waals surface area contributed by atoms with Crippen molar-refractivity contribution < 1.29 is 27.8 Å². The van der Waals surface area contributed by atoms with Gasteiger partial charge < -0.3 is 14.8 Å². The molecule has 1 atom stereocenters. The predicted octanol–water partition coefficient (Wildman–Crippen LogP) is 3.79. The fourth-order valence-electron chi connectivity index (χ4n) is 2.88. The normalized spacial score (nSPS) is 19.1. The fourth-order valence-corrected chi connectivity index (χ4v) is 3.06. The molecule has 3 amide bonds. The molecule has 148 valence electrons. The van der Waals surface area contributed by atoms with Gasteiger partial charge >= 0.3 is 12.6 Å². The van der Waals surface area contributed by atoms with Gasteiger partial charge in [-0.3, -0.25) is 9.69 Å². The van der Waals surface area contributed by atoms with E-state index in [1.54, 1.807) is 31.2 Å². The predicted molar refractivity (Wildman–Crippen MR) is 97.6 cm³/mol. The highest BCUT2D eigenvalue weighted by atomic mass is 35.5. The molecule has 0 bridgehead atoms. The minimum atomic E-state index is -2.94. The molecule has 1 saturated heterocycles. The zero-order valence-corrected chi connectivity index (χ0v) is 15.6. The van der Waals surface area contributed by atoms with Crippen molar-refractivity contribution in [2.24, 2.45) is 0 Å². The topological polar surface area (TPSA) is 67.9 Å². The van der Waals surface area contributed by atoms with Crippen LogP contribution in [0.2, 0.25) is 5.02 Å². The van der Waals surface area contributed by atoms with E-state index in [0.29, 0.717) is 16.3 Å². The monoisotopic (exact) mass is 410 g/mol. The molecular formula is C19H17ClF2N2O4. The zero-order chi connectivity index (χ0) is 20.3. The standard InChI is InChI=1S/C19H17ClF2N2O4/c1-19(12-5-7-14(8-6-12)28-17(21)22)16(25)24(18(26)23-19)9-10-27-15-4-2-3-13(20)11-15/h2-8,11,17H,9-10H2,1H3,(H,23,26)/t19-/m0/s1. The summed E-state index contributed by atoms with van der Waals surface area (Å²) in [6.45, 7) is -1.26. The molecule has 2 aromatic carbocycles. The van der Waals surface area contributed by atoms with Crippen LogP contribution < -0.4 is 14.8 Å². The molecule has 0 spiro atoms. The van der Waals surface area contributed by atoms with E-state index in [4.69, 9.17) is 16.3 Å². The number of amides is 3. The Balaban J connectivity index is 1.66. The Kier molecular flexibility index (Phi) is 5.69. The van der Waals surface area contributed by atoms with E-state index in [1.807, 2.05) is 0 Å². The summed E-state index contributed by atoms with van der Waals surface area (Å²) in [5.74, 6) is 0.0255. The maximum Gasteiger partial charge on any atom is 0.387 e. The number of urea groups is 1. The summed E-state index contributed by atoms with van der Waals surface area (Å²) in [4.78, 5) is 26.1. The molecule has 2 aromatic rings. The lowest BCUT2D eigenvalue weighted by molar-refractivity contribution is -0.131. The van der Waals surface area contributed by atoms with Gasteiger partial charge in [-0.25, -0.2) is 4.79 Å². The summed E-state index contributed by atoms with van der Waals surface area (Å²) in [6, 6.07) is 11.8. The van der Waals surface area contributed by atoms with Crippen LogP contribution in [0.15, 0.2) is 48.5 Å². The highest BCUT2D eigenvalue weighted by Gasteiger charge is 2.48. The van der Waals surface area contributed by atoms with Gasteiger partial charge in [-0.2, -0.15) is 8.78 Å². The summed E-state index contributed by atoms with van der Waals surface area (Å²) in [5.41, 5.74) is -0.859. The van der Waals surface area contributed by atoms with Crippen LogP contribution in [0.3, 0.4) is 0 Å². The van der Waals surface area contributed by atoms with Crippen molar-refractivity contribution in [3.63, 3.8) is 0 Å². The van der Waals surface area contributed by atoms with Crippen molar-refractivity contribution in [3.8, 4) is 11.5 Å². The van der Waals surface area contributed by atoms with Gasteiger partial charge in [-0.05, 0) is 42.8 Å². The Morgan fingerprint density at radius 1 is 1.14 bits per heavy atom. The van der Waals surface area contributed by atoms with Gasteiger partial charge in [0.15, 0.2) is 0 Å². The molecule has 1 fully saturated rings. The van der Waals surface area contributed by atoms with Gasteiger partial charge in [0.25, 0.3) is 5.91 Å². The third-order valence-corrected chi connectivity index (χ3v) is 4.55. The molecule has 1 aliphatic heterocycles. The van der Waals surface area contributed by atoms with E-state index in [2.05, 4.69) is 10.1 Å². The third-order valence-electron chi connectivity index (χ3n) is 4.31. The number of ether oxygens (including phenoxy) is 2. The van der Waals surface area contributed by atoms with Crippen LogP contribution in [-0.2, 0) is 10.3 Å². The number of nitrogens with one attached hydrogen (secondary N) is 1. The molecule has 9 heteroatoms. The smallest absolute Gasteiger partial charge is 0.387 e. The quantitative estimate of drug-likeness (QED) is 0.705. The first-order valence-corrected chi connectivity index (χ1v) is 8.75. The minimum absolute atomic E-state index is 0.0362. The van der Waals surface area contributed by atoms with Gasteiger partial charge in [0.05, 0.1) is 6.54 Å². The molecule has 0 unspecified atom stereocenters. The number of imide groups is 1. The second-order valence-electron chi connectivity index (χ2n) is 6.22. The number of halogens is 3. The molecule has 0 radical (unpaired) electrons. The van der Waals surface area contributed by atoms with Crippen LogP contribution in [0.25, 0.3) is 0 Å². The Morgan fingerprint density at radius 3 is 2.50 bits per heavy atom. The van der Waals surface area contributed by atoms with Crippen LogP contribution in [0.1, 0.15) is 12.5 Å². The molecular weight excluding hydrogens is 394 g/mol. The van der Waals surface area contributed by atoms with Gasteiger partial charge in [-0.1, -0.05) is 29.8 Å². The second-order valence-corrected chi connectivity index (χ2v) is 6.66. The maximum atomic E-state index is 12.8. The molecule has 3 rings (SSSR count). The lowest BCUT2D eigenvalue weighted by atomic mass is 9.92. The lowest BCUT2D eigenvalue weighted by Gasteiger charge is -2.22. The number of hydrogen-bond donors (Lipinski definition) is 1. The average Bonchev–Trinajstić information content (AvgIpc) is 2.86. The van der Waals surface area contributed by atoms with Gasteiger partial charge in [0.2, 0.25) is 0 Å². The Bertz CT molecular complexity index is 878. The van der Waals surface area contributed by atoms with E-state index >= 15 is 0 Å². The van der Waals surface area contributed by atoms with E-state index in [9.17, 15) is 18.4 Å². The van der Waals surface area contributed by atoms with Crippen molar-refractivity contribution in [3.05, 3.63) is 59.1 Å². The van der Waals surface area contributed by atoms with Crippen molar-refractivity contribution in [2.75, 3.05) is 13.2 Å². The molecule has 0 saturated carbocycles. The lowest BCUT2D eigenvalue weighted by Crippen LogP contribution is -2.41. The third kappa shape index (κ3) is 4.17. The second kappa shape index (κ2) is 8.02. The Morgan fingerprint density at radius 2 is 1.86 bits per heavy atom. The van der Waals surface area contributed by atoms with E-state index < -0.39 is 24.1 Å². The summed E-state index contributed by atoms with van der Waals surface area (Å²) < 4.78 is 34.4. The van der Waals surface area contributed by atoms with Crippen molar-refractivity contribution >= 4 is 23.5 Å². The van der Waals surface area contributed by atoms with Crippen LogP contribution in [0.5, 0.6) is 11.5 Å². The highest BCUT2D eigenvalue weighted by molar-refractivity contribution is 6.30. The number of alkyl halides is 2. The number of benzene rings is 2. The summed E-state index contributed by atoms with van der Waals surface area (Å²) in [5, 5.41) is 3.15. The Hall–Kier alpha value is -2.87. The van der Waals surface area contributed by atoms with E-state index in [1.165, 1.54) is 24.3 Å². The first-order valence-electron chi connectivity index (χ1n) is 8.37. The summed E-state index contributed by atoms with van der Waals surface area (Å²) in [7, 11) is 0. The van der Waals surface area contributed by atoms with Gasteiger partial charge in [0.1, 0.15) is 23.6 Å². The van der Waals surface area contributed by atoms with Gasteiger partial charge in [-0.15, -0.1) is 0 Å². The molecule has 1 aliphatic rings. The first-order chi connectivity index (χ1) is 13.3. The molecule has 0 aliphatic carbocycles. The number of rotatable bonds is 7. The first kappa shape index (κ1) is 19.9. The van der Waals surface area contributed by atoms with Crippen LogP contribution >= 0.6 is 11.6 Å². The largest absolute Gasteiger partial charge is 0.492 e. The molecule has 28 heavy (non-hydrogen) atoms. The van der Waals surface area contributed by atoms with Crippen molar-refractivity contribution in [1.82, 2.24) is 10.2 Å². The zero-order valence-electron chi connectivity index (χ0n) is 14.8. The molecule has 6 nitrogen and oxygen atoms in total. The molecule has 0 aromatic heterocycles. The number of nitrogens with zero attached hydrogens (tertiary/aromatic N) is 1. The minimum Gasteiger partial charge on any atom is -0.492 e. The Labute approximate surface area is 165 Å². The summed E-state index contributed by atoms with van der Waals surface area (Å²) in [6.07, 6.45) is 0. The number of carbonyl (C=O) groups excluding carboxylic acids is 2. The van der Waals surface area contributed by atoms with Gasteiger partial charge in [0, 0.05) is 5.02 Å². The average molecular weight is 411 g/mol. The van der Waals surface area contributed by atoms with Crippen LogP contribution in [0, 0.1) is 0 Å².